The second-order valence-corrected chi connectivity index (χ2v) is 5.57. The number of hydrogen-bond donors (Lipinski definition) is 2. The number of ether oxygens (including phenoxy) is 1. The Labute approximate surface area is 145 Å². The van der Waals surface area contributed by atoms with Gasteiger partial charge in [0.1, 0.15) is 11.5 Å². The molecule has 1 heterocycles. The van der Waals surface area contributed by atoms with Gasteiger partial charge in [-0.2, -0.15) is 0 Å². The molecule has 0 spiro atoms. The normalized spacial score (nSPS) is 10.5. The lowest BCUT2D eigenvalue weighted by molar-refractivity contribution is -0.128. The van der Waals surface area contributed by atoms with Gasteiger partial charge in [-0.3, -0.25) is 20.4 Å². The molecule has 2 N–H and O–H groups in total. The maximum Gasteiger partial charge on any atom is 0.276 e. The summed E-state index contributed by atoms with van der Waals surface area (Å²) in [6, 6.07) is 8.41. The molecule has 1 aromatic carbocycles. The highest BCUT2D eigenvalue weighted by atomic mass is 79.9. The molecule has 1 aromatic heterocycles. The predicted octanol–water partition coefficient (Wildman–Crippen LogP) is 2.94. The number of rotatable bonds is 5. The summed E-state index contributed by atoms with van der Waals surface area (Å²) in [5.41, 5.74) is 4.43. The SMILES string of the molecule is O=C(C=Cc1ccco1)NNC(=O)COc1ccc(Br)cc1Cl. The number of carbonyl (C=O) groups excluding carboxylic acids is 2. The van der Waals surface area contributed by atoms with Crippen molar-refractivity contribution in [3.63, 3.8) is 0 Å². The molecular weight excluding hydrogens is 388 g/mol. The summed E-state index contributed by atoms with van der Waals surface area (Å²) in [5, 5.41) is 0.373. The fourth-order valence-corrected chi connectivity index (χ4v) is 2.22. The van der Waals surface area contributed by atoms with E-state index < -0.39 is 11.8 Å². The van der Waals surface area contributed by atoms with E-state index in [9.17, 15) is 9.59 Å². The number of carbonyl (C=O) groups is 2. The van der Waals surface area contributed by atoms with Crippen LogP contribution < -0.4 is 15.6 Å². The molecule has 0 saturated carbocycles. The first-order valence-electron chi connectivity index (χ1n) is 6.43. The van der Waals surface area contributed by atoms with Crippen molar-refractivity contribution in [1.29, 1.82) is 0 Å². The Morgan fingerprint density at radius 3 is 2.83 bits per heavy atom. The van der Waals surface area contributed by atoms with E-state index in [0.717, 1.165) is 4.47 Å². The molecule has 120 valence electrons. The first kappa shape index (κ1) is 17.1. The molecule has 2 amide bonds. The maximum absolute atomic E-state index is 11.6. The van der Waals surface area contributed by atoms with Gasteiger partial charge in [0.25, 0.3) is 11.8 Å². The third kappa shape index (κ3) is 5.80. The van der Waals surface area contributed by atoms with Crippen LogP contribution in [0.4, 0.5) is 0 Å². The van der Waals surface area contributed by atoms with Crippen molar-refractivity contribution < 1.29 is 18.7 Å². The largest absolute Gasteiger partial charge is 0.482 e. The van der Waals surface area contributed by atoms with Gasteiger partial charge in [0.2, 0.25) is 0 Å². The van der Waals surface area contributed by atoms with E-state index in [1.54, 1.807) is 30.3 Å². The van der Waals surface area contributed by atoms with Gasteiger partial charge in [-0.05, 0) is 36.4 Å². The van der Waals surface area contributed by atoms with Crippen LogP contribution in [0, 0.1) is 0 Å². The van der Waals surface area contributed by atoms with E-state index in [-0.39, 0.29) is 6.61 Å². The summed E-state index contributed by atoms with van der Waals surface area (Å²) >= 11 is 9.22. The Hall–Kier alpha value is -2.25. The lowest BCUT2D eigenvalue weighted by Gasteiger charge is -2.09. The number of halogens is 2. The van der Waals surface area contributed by atoms with Crippen LogP contribution in [0.3, 0.4) is 0 Å². The molecule has 6 nitrogen and oxygen atoms in total. The van der Waals surface area contributed by atoms with Crippen molar-refractivity contribution in [3.8, 4) is 5.75 Å². The molecule has 2 rings (SSSR count). The molecular formula is C15H12BrClN2O4. The fraction of sp³-hybridized carbons (Fsp3) is 0.0667. The zero-order chi connectivity index (χ0) is 16.7. The smallest absolute Gasteiger partial charge is 0.276 e. The predicted molar refractivity (Wildman–Crippen MR) is 88.7 cm³/mol. The van der Waals surface area contributed by atoms with Crippen molar-refractivity contribution in [3.05, 3.63) is 57.9 Å². The summed E-state index contributed by atoms with van der Waals surface area (Å²) in [5.74, 6) is -0.131. The minimum Gasteiger partial charge on any atom is -0.482 e. The van der Waals surface area contributed by atoms with Gasteiger partial charge in [-0.1, -0.05) is 27.5 Å². The molecule has 2 aromatic rings. The van der Waals surface area contributed by atoms with Gasteiger partial charge in [0, 0.05) is 10.5 Å². The molecule has 0 radical (unpaired) electrons. The van der Waals surface area contributed by atoms with Crippen molar-refractivity contribution in [1.82, 2.24) is 10.9 Å². The highest BCUT2D eigenvalue weighted by Gasteiger charge is 2.07. The molecule has 0 bridgehead atoms. The van der Waals surface area contributed by atoms with Crippen LogP contribution in [0.1, 0.15) is 5.76 Å². The number of hydrogen-bond acceptors (Lipinski definition) is 4. The number of benzene rings is 1. The third-order valence-corrected chi connectivity index (χ3v) is 3.31. The fourth-order valence-electron chi connectivity index (χ4n) is 1.49. The second kappa shape index (κ2) is 8.40. The van der Waals surface area contributed by atoms with Crippen LogP contribution in [-0.2, 0) is 9.59 Å². The van der Waals surface area contributed by atoms with E-state index in [2.05, 4.69) is 26.8 Å². The average Bonchev–Trinajstić information content (AvgIpc) is 3.03. The van der Waals surface area contributed by atoms with Crippen molar-refractivity contribution >= 4 is 45.4 Å². The summed E-state index contributed by atoms with van der Waals surface area (Å²) in [4.78, 5) is 23.1. The molecule has 8 heteroatoms. The molecule has 0 saturated heterocycles. The van der Waals surface area contributed by atoms with Crippen molar-refractivity contribution in [2.75, 3.05) is 6.61 Å². The van der Waals surface area contributed by atoms with Gasteiger partial charge < -0.3 is 9.15 Å². The van der Waals surface area contributed by atoms with Crippen LogP contribution in [0.2, 0.25) is 5.02 Å². The van der Waals surface area contributed by atoms with Crippen molar-refractivity contribution in [2.45, 2.75) is 0 Å². The summed E-state index contributed by atoms with van der Waals surface area (Å²) in [7, 11) is 0. The summed E-state index contributed by atoms with van der Waals surface area (Å²) in [6.07, 6.45) is 4.19. The molecule has 0 fully saturated rings. The van der Waals surface area contributed by atoms with Crippen LogP contribution >= 0.6 is 27.5 Å². The highest BCUT2D eigenvalue weighted by Crippen LogP contribution is 2.27. The zero-order valence-corrected chi connectivity index (χ0v) is 14.1. The van der Waals surface area contributed by atoms with Gasteiger partial charge in [0.15, 0.2) is 6.61 Å². The van der Waals surface area contributed by atoms with Crippen LogP contribution in [0.15, 0.2) is 51.6 Å². The van der Waals surface area contributed by atoms with Crippen LogP contribution in [-0.4, -0.2) is 18.4 Å². The van der Waals surface area contributed by atoms with Crippen LogP contribution in [0.25, 0.3) is 6.08 Å². The zero-order valence-electron chi connectivity index (χ0n) is 11.7. The number of hydrazine groups is 1. The lowest BCUT2D eigenvalue weighted by Crippen LogP contribution is -2.43. The molecule has 23 heavy (non-hydrogen) atoms. The van der Waals surface area contributed by atoms with Crippen molar-refractivity contribution in [2.24, 2.45) is 0 Å². The standard InChI is InChI=1S/C15H12BrClN2O4/c16-10-3-5-13(12(17)8-10)23-9-15(21)19-18-14(20)6-4-11-2-1-7-22-11/h1-8H,9H2,(H,18,20)(H,19,21). The number of amides is 2. The third-order valence-electron chi connectivity index (χ3n) is 2.52. The minimum absolute atomic E-state index is 0.288. The highest BCUT2D eigenvalue weighted by molar-refractivity contribution is 9.10. The maximum atomic E-state index is 11.6. The summed E-state index contributed by atoms with van der Waals surface area (Å²) < 4.78 is 11.1. The van der Waals surface area contributed by atoms with Gasteiger partial charge >= 0.3 is 0 Å². The van der Waals surface area contributed by atoms with E-state index in [0.29, 0.717) is 16.5 Å². The van der Waals surface area contributed by atoms with Gasteiger partial charge in [-0.15, -0.1) is 0 Å². The lowest BCUT2D eigenvalue weighted by atomic mass is 10.3. The van der Waals surface area contributed by atoms with E-state index >= 15 is 0 Å². The molecule has 0 unspecified atom stereocenters. The number of furan rings is 1. The average molecular weight is 400 g/mol. The first-order chi connectivity index (χ1) is 11.0. The van der Waals surface area contributed by atoms with Gasteiger partial charge in [0.05, 0.1) is 11.3 Å². The first-order valence-corrected chi connectivity index (χ1v) is 7.60. The van der Waals surface area contributed by atoms with Crippen LogP contribution in [0.5, 0.6) is 5.75 Å². The Kier molecular flexibility index (Phi) is 6.25. The molecule has 0 aliphatic rings. The van der Waals surface area contributed by atoms with E-state index in [4.69, 9.17) is 20.8 Å². The van der Waals surface area contributed by atoms with Gasteiger partial charge in [-0.25, -0.2) is 0 Å². The Balaban J connectivity index is 1.73. The van der Waals surface area contributed by atoms with E-state index in [1.165, 1.54) is 18.4 Å². The summed E-state index contributed by atoms with van der Waals surface area (Å²) in [6.45, 7) is -0.288. The topological polar surface area (TPSA) is 80.6 Å². The molecule has 0 atom stereocenters. The number of nitrogens with one attached hydrogen (secondary N) is 2. The monoisotopic (exact) mass is 398 g/mol. The Bertz CT molecular complexity index is 716. The molecule has 0 aliphatic heterocycles. The molecule has 0 aliphatic carbocycles. The second-order valence-electron chi connectivity index (χ2n) is 4.25. The minimum atomic E-state index is -0.524. The van der Waals surface area contributed by atoms with E-state index in [1.807, 2.05) is 0 Å². The quantitative estimate of drug-likeness (QED) is 0.598. The Morgan fingerprint density at radius 2 is 2.13 bits per heavy atom. The Morgan fingerprint density at radius 1 is 1.30 bits per heavy atom.